The third kappa shape index (κ3) is 2.88. The van der Waals surface area contributed by atoms with Gasteiger partial charge in [-0.25, -0.2) is 4.39 Å². The van der Waals surface area contributed by atoms with Crippen LogP contribution in [0, 0.1) is 11.7 Å². The lowest BCUT2D eigenvalue weighted by atomic mass is 9.84. The first kappa shape index (κ1) is 13.6. The normalized spacial score (nSPS) is 18.5. The van der Waals surface area contributed by atoms with Gasteiger partial charge in [0.15, 0.2) is 0 Å². The van der Waals surface area contributed by atoms with Gasteiger partial charge in [-0.3, -0.25) is 0 Å². The molecule has 0 bridgehead atoms. The molecule has 1 aliphatic carbocycles. The van der Waals surface area contributed by atoms with E-state index in [2.05, 4.69) is 5.32 Å². The van der Waals surface area contributed by atoms with Crippen molar-refractivity contribution in [1.82, 2.24) is 5.32 Å². The van der Waals surface area contributed by atoms with E-state index in [4.69, 9.17) is 4.42 Å². The van der Waals surface area contributed by atoms with E-state index in [0.717, 1.165) is 29.1 Å². The van der Waals surface area contributed by atoms with E-state index in [1.54, 1.807) is 6.07 Å². The Morgan fingerprint density at radius 2 is 2.05 bits per heavy atom. The van der Waals surface area contributed by atoms with Gasteiger partial charge in [-0.15, -0.1) is 0 Å². The van der Waals surface area contributed by atoms with E-state index in [9.17, 15) is 4.39 Å². The predicted octanol–water partition coefficient (Wildman–Crippen LogP) is 4.80. The molecule has 3 heteroatoms. The SMILES string of the molecule is CNC(CC1CCCCC1)c1cc2cc(F)ccc2o1. The summed E-state index contributed by atoms with van der Waals surface area (Å²) in [6, 6.07) is 6.90. The van der Waals surface area contributed by atoms with E-state index < -0.39 is 0 Å². The Morgan fingerprint density at radius 1 is 1.25 bits per heavy atom. The molecule has 1 heterocycles. The summed E-state index contributed by atoms with van der Waals surface area (Å²) in [5, 5.41) is 4.20. The molecule has 2 nitrogen and oxygen atoms in total. The second-order valence-corrected chi connectivity index (χ2v) is 5.91. The molecule has 1 aromatic heterocycles. The van der Waals surface area contributed by atoms with Crippen LogP contribution in [0.1, 0.15) is 50.3 Å². The maximum absolute atomic E-state index is 13.2. The number of fused-ring (bicyclic) bond motifs is 1. The predicted molar refractivity (Wildman–Crippen MR) is 79.2 cm³/mol. The van der Waals surface area contributed by atoms with Crippen LogP contribution in [0.3, 0.4) is 0 Å². The van der Waals surface area contributed by atoms with Gasteiger partial charge in [-0.05, 0) is 43.7 Å². The van der Waals surface area contributed by atoms with Crippen LogP contribution < -0.4 is 5.32 Å². The van der Waals surface area contributed by atoms with Crippen LogP contribution >= 0.6 is 0 Å². The monoisotopic (exact) mass is 275 g/mol. The van der Waals surface area contributed by atoms with E-state index in [0.29, 0.717) is 0 Å². The molecule has 1 unspecified atom stereocenters. The standard InChI is InChI=1S/C17H22FNO/c1-19-15(9-12-5-3-2-4-6-12)17-11-13-10-14(18)7-8-16(13)20-17/h7-8,10-12,15,19H,2-6,9H2,1H3. The summed E-state index contributed by atoms with van der Waals surface area (Å²) >= 11 is 0. The van der Waals surface area contributed by atoms with Crippen molar-refractivity contribution in [3.63, 3.8) is 0 Å². The van der Waals surface area contributed by atoms with Gasteiger partial charge in [0.1, 0.15) is 17.2 Å². The number of nitrogens with one attached hydrogen (secondary N) is 1. The van der Waals surface area contributed by atoms with Crippen LogP contribution in [0.4, 0.5) is 4.39 Å². The third-order valence-electron chi connectivity index (χ3n) is 4.48. The Kier molecular flexibility index (Phi) is 4.06. The zero-order valence-electron chi connectivity index (χ0n) is 12.0. The summed E-state index contributed by atoms with van der Waals surface area (Å²) < 4.78 is 19.1. The lowest BCUT2D eigenvalue weighted by Gasteiger charge is -2.25. The van der Waals surface area contributed by atoms with Gasteiger partial charge in [0, 0.05) is 5.39 Å². The van der Waals surface area contributed by atoms with Crippen LogP contribution in [-0.4, -0.2) is 7.05 Å². The quantitative estimate of drug-likeness (QED) is 0.866. The minimum absolute atomic E-state index is 0.210. The van der Waals surface area contributed by atoms with Crippen molar-refractivity contribution in [2.75, 3.05) is 7.05 Å². The molecule has 1 saturated carbocycles. The molecule has 20 heavy (non-hydrogen) atoms. The van der Waals surface area contributed by atoms with Crippen molar-refractivity contribution >= 4 is 11.0 Å². The molecule has 1 atom stereocenters. The molecule has 0 radical (unpaired) electrons. The summed E-state index contributed by atoms with van der Waals surface area (Å²) in [6.07, 6.45) is 7.85. The zero-order chi connectivity index (χ0) is 13.9. The average Bonchev–Trinajstić information content (AvgIpc) is 2.88. The molecule has 1 aliphatic rings. The molecule has 1 fully saturated rings. The van der Waals surface area contributed by atoms with Crippen molar-refractivity contribution < 1.29 is 8.81 Å². The molecule has 2 aromatic rings. The van der Waals surface area contributed by atoms with Crippen molar-refractivity contribution in [3.8, 4) is 0 Å². The minimum atomic E-state index is -0.210. The Labute approximate surface area is 119 Å². The number of rotatable bonds is 4. The first-order valence-corrected chi connectivity index (χ1v) is 7.62. The molecule has 3 rings (SSSR count). The first-order chi connectivity index (χ1) is 9.76. The zero-order valence-corrected chi connectivity index (χ0v) is 12.0. The van der Waals surface area contributed by atoms with E-state index >= 15 is 0 Å². The fraction of sp³-hybridized carbons (Fsp3) is 0.529. The van der Waals surface area contributed by atoms with Crippen LogP contribution in [0.15, 0.2) is 28.7 Å². The van der Waals surface area contributed by atoms with Crippen LogP contribution in [0.2, 0.25) is 0 Å². The minimum Gasteiger partial charge on any atom is -0.459 e. The Balaban J connectivity index is 1.79. The van der Waals surface area contributed by atoms with Crippen LogP contribution in [0.5, 0.6) is 0 Å². The van der Waals surface area contributed by atoms with Crippen molar-refractivity contribution in [1.29, 1.82) is 0 Å². The highest BCUT2D eigenvalue weighted by Crippen LogP contribution is 2.33. The molecule has 0 aliphatic heterocycles. The summed E-state index contributed by atoms with van der Waals surface area (Å²) in [4.78, 5) is 0. The number of hydrogen-bond donors (Lipinski definition) is 1. The molecule has 0 spiro atoms. The lowest BCUT2D eigenvalue weighted by molar-refractivity contribution is 0.290. The Hall–Kier alpha value is -1.35. The van der Waals surface area contributed by atoms with Crippen molar-refractivity contribution in [3.05, 3.63) is 35.8 Å². The smallest absolute Gasteiger partial charge is 0.134 e. The molecular formula is C17H22FNO. The van der Waals surface area contributed by atoms with Gasteiger partial charge in [-0.1, -0.05) is 32.1 Å². The number of furan rings is 1. The van der Waals surface area contributed by atoms with Gasteiger partial charge >= 0.3 is 0 Å². The number of hydrogen-bond acceptors (Lipinski definition) is 2. The lowest BCUT2D eigenvalue weighted by Crippen LogP contribution is -2.20. The van der Waals surface area contributed by atoms with Crippen LogP contribution in [0.25, 0.3) is 11.0 Å². The fourth-order valence-corrected chi connectivity index (χ4v) is 3.34. The highest BCUT2D eigenvalue weighted by Gasteiger charge is 2.21. The maximum atomic E-state index is 13.2. The van der Waals surface area contributed by atoms with Gasteiger partial charge < -0.3 is 9.73 Å². The Morgan fingerprint density at radius 3 is 2.80 bits per heavy atom. The topological polar surface area (TPSA) is 25.2 Å². The van der Waals surface area contributed by atoms with E-state index in [1.165, 1.54) is 44.2 Å². The average molecular weight is 275 g/mol. The van der Waals surface area contributed by atoms with E-state index in [1.807, 2.05) is 13.1 Å². The summed E-state index contributed by atoms with van der Waals surface area (Å²) in [6.45, 7) is 0. The van der Waals surface area contributed by atoms with Crippen molar-refractivity contribution in [2.45, 2.75) is 44.6 Å². The number of benzene rings is 1. The molecule has 108 valence electrons. The largest absolute Gasteiger partial charge is 0.459 e. The third-order valence-corrected chi connectivity index (χ3v) is 4.48. The molecule has 0 saturated heterocycles. The maximum Gasteiger partial charge on any atom is 0.134 e. The van der Waals surface area contributed by atoms with Gasteiger partial charge in [0.25, 0.3) is 0 Å². The fourth-order valence-electron chi connectivity index (χ4n) is 3.34. The summed E-state index contributed by atoms with van der Waals surface area (Å²) in [5.74, 6) is 1.50. The highest BCUT2D eigenvalue weighted by atomic mass is 19.1. The van der Waals surface area contributed by atoms with Gasteiger partial charge in [0.05, 0.1) is 6.04 Å². The Bertz CT molecular complexity index is 571. The second-order valence-electron chi connectivity index (χ2n) is 5.91. The molecular weight excluding hydrogens is 253 g/mol. The van der Waals surface area contributed by atoms with Crippen molar-refractivity contribution in [2.24, 2.45) is 5.92 Å². The van der Waals surface area contributed by atoms with Crippen LogP contribution in [-0.2, 0) is 0 Å². The van der Waals surface area contributed by atoms with Gasteiger partial charge in [-0.2, -0.15) is 0 Å². The summed E-state index contributed by atoms with van der Waals surface area (Å²) in [7, 11) is 1.97. The number of halogens is 1. The molecule has 1 aromatic carbocycles. The molecule has 1 N–H and O–H groups in total. The summed E-state index contributed by atoms with van der Waals surface area (Å²) in [5.41, 5.74) is 0.769. The van der Waals surface area contributed by atoms with E-state index in [-0.39, 0.29) is 11.9 Å². The first-order valence-electron chi connectivity index (χ1n) is 7.62. The van der Waals surface area contributed by atoms with Gasteiger partial charge in [0.2, 0.25) is 0 Å². The second kappa shape index (κ2) is 5.96. The molecule has 0 amide bonds. The highest BCUT2D eigenvalue weighted by molar-refractivity contribution is 5.78.